The van der Waals surface area contributed by atoms with Gasteiger partial charge in [0.15, 0.2) is 0 Å². The van der Waals surface area contributed by atoms with Crippen LogP contribution in [0.5, 0.6) is 0 Å². The Morgan fingerprint density at radius 1 is 1.15 bits per heavy atom. The van der Waals surface area contributed by atoms with E-state index < -0.39 is 12.6 Å². The fraction of sp³-hybridized carbons (Fsp3) is 0.417. The first-order valence-electron chi connectivity index (χ1n) is 11.3. The fourth-order valence-corrected chi connectivity index (χ4v) is 5.58. The second kappa shape index (κ2) is 8.95. The van der Waals surface area contributed by atoms with Gasteiger partial charge in [-0.2, -0.15) is 13.2 Å². The monoisotopic (exact) mass is 473 g/mol. The van der Waals surface area contributed by atoms with E-state index in [0.717, 1.165) is 50.2 Å². The number of benzene rings is 1. The standard InChI is InChI=1S/C24H26F3N5S/c1-2-15-3-4-21-19(9-15)16(12-28-21)13-32-7-5-17(6-8-32)31-22-20-10-18(11-24(25,26)27)33-23(20)30-14-29-22/h3-4,9-10,12,14,17,28H,2,5-8,11,13H2,1H3,(H,29,30,31). The van der Waals surface area contributed by atoms with Gasteiger partial charge < -0.3 is 10.3 Å². The number of aryl methyl sites for hydroxylation is 1. The molecular formula is C24H26F3N5S. The summed E-state index contributed by atoms with van der Waals surface area (Å²) in [6.07, 6.45) is 1.31. The Morgan fingerprint density at radius 2 is 1.97 bits per heavy atom. The Labute approximate surface area is 194 Å². The number of thiophene rings is 1. The van der Waals surface area contributed by atoms with Gasteiger partial charge in [-0.1, -0.05) is 13.0 Å². The molecule has 1 aliphatic rings. The molecule has 5 nitrogen and oxygen atoms in total. The van der Waals surface area contributed by atoms with Crippen molar-refractivity contribution in [1.29, 1.82) is 0 Å². The maximum atomic E-state index is 12.8. The summed E-state index contributed by atoms with van der Waals surface area (Å²) in [5.41, 5.74) is 3.83. The molecule has 0 amide bonds. The Kier molecular flexibility index (Phi) is 6.01. The minimum atomic E-state index is -4.22. The lowest BCUT2D eigenvalue weighted by molar-refractivity contribution is -0.126. The molecule has 33 heavy (non-hydrogen) atoms. The molecule has 0 bridgehead atoms. The number of anilines is 1. The van der Waals surface area contributed by atoms with E-state index in [2.05, 4.69) is 56.5 Å². The van der Waals surface area contributed by atoms with E-state index in [0.29, 0.717) is 16.0 Å². The summed E-state index contributed by atoms with van der Waals surface area (Å²) in [6.45, 7) is 4.98. The van der Waals surface area contributed by atoms with Crippen molar-refractivity contribution in [3.05, 3.63) is 52.8 Å². The normalized spacial score (nSPS) is 16.1. The van der Waals surface area contributed by atoms with Gasteiger partial charge in [0.2, 0.25) is 0 Å². The molecule has 174 valence electrons. The number of H-pyrrole nitrogens is 1. The van der Waals surface area contributed by atoms with E-state index >= 15 is 0 Å². The topological polar surface area (TPSA) is 56.8 Å². The summed E-state index contributed by atoms with van der Waals surface area (Å²) in [4.78, 5) is 15.2. The van der Waals surface area contributed by atoms with Crippen LogP contribution in [0.15, 0.2) is 36.8 Å². The summed E-state index contributed by atoms with van der Waals surface area (Å²) in [5, 5.41) is 5.44. The lowest BCUT2D eigenvalue weighted by atomic mass is 10.0. The minimum absolute atomic E-state index is 0.236. The van der Waals surface area contributed by atoms with Crippen LogP contribution in [0.1, 0.15) is 35.8 Å². The maximum Gasteiger partial charge on any atom is 0.393 e. The van der Waals surface area contributed by atoms with Gasteiger partial charge in [-0.15, -0.1) is 11.3 Å². The third-order valence-corrected chi connectivity index (χ3v) is 7.36. The number of fused-ring (bicyclic) bond motifs is 2. The summed E-state index contributed by atoms with van der Waals surface area (Å²) >= 11 is 1.08. The van der Waals surface area contributed by atoms with Gasteiger partial charge in [-0.3, -0.25) is 4.90 Å². The number of alkyl halides is 3. The van der Waals surface area contributed by atoms with E-state index in [1.54, 1.807) is 6.07 Å². The number of likely N-dealkylation sites (tertiary alicyclic amines) is 1. The molecule has 5 rings (SSSR count). The van der Waals surface area contributed by atoms with Crippen molar-refractivity contribution in [1.82, 2.24) is 19.9 Å². The van der Waals surface area contributed by atoms with Gasteiger partial charge in [-0.25, -0.2) is 9.97 Å². The van der Waals surface area contributed by atoms with E-state index in [1.807, 2.05) is 0 Å². The lowest BCUT2D eigenvalue weighted by Gasteiger charge is -2.32. The second-order valence-electron chi connectivity index (χ2n) is 8.69. The number of aromatic nitrogens is 3. The van der Waals surface area contributed by atoms with Crippen LogP contribution in [0.3, 0.4) is 0 Å². The Morgan fingerprint density at radius 3 is 2.73 bits per heavy atom. The van der Waals surface area contributed by atoms with Crippen molar-refractivity contribution < 1.29 is 13.2 Å². The summed E-state index contributed by atoms with van der Waals surface area (Å²) in [6, 6.07) is 8.42. The van der Waals surface area contributed by atoms with E-state index in [-0.39, 0.29) is 10.9 Å². The molecule has 0 unspecified atom stereocenters. The molecule has 1 saturated heterocycles. The molecule has 3 aromatic heterocycles. The van der Waals surface area contributed by atoms with Crippen molar-refractivity contribution in [2.24, 2.45) is 0 Å². The molecule has 0 saturated carbocycles. The van der Waals surface area contributed by atoms with Crippen LogP contribution in [0.4, 0.5) is 19.0 Å². The van der Waals surface area contributed by atoms with Gasteiger partial charge in [-0.05, 0) is 48.6 Å². The van der Waals surface area contributed by atoms with E-state index in [4.69, 9.17) is 0 Å². The summed E-state index contributed by atoms with van der Waals surface area (Å²) < 4.78 is 38.4. The van der Waals surface area contributed by atoms with Gasteiger partial charge in [0.25, 0.3) is 0 Å². The first-order valence-corrected chi connectivity index (χ1v) is 12.1. The van der Waals surface area contributed by atoms with Gasteiger partial charge in [0.1, 0.15) is 17.0 Å². The van der Waals surface area contributed by atoms with E-state index in [9.17, 15) is 13.2 Å². The Balaban J connectivity index is 1.23. The zero-order valence-corrected chi connectivity index (χ0v) is 19.2. The van der Waals surface area contributed by atoms with Crippen molar-refractivity contribution >= 4 is 38.3 Å². The number of hydrogen-bond donors (Lipinski definition) is 2. The predicted molar refractivity (Wildman–Crippen MR) is 127 cm³/mol. The van der Waals surface area contributed by atoms with Crippen LogP contribution < -0.4 is 5.32 Å². The lowest BCUT2D eigenvalue weighted by Crippen LogP contribution is -2.38. The Hall–Kier alpha value is -2.65. The quantitative estimate of drug-likeness (QED) is 0.365. The van der Waals surface area contributed by atoms with Gasteiger partial charge in [0, 0.05) is 47.7 Å². The van der Waals surface area contributed by atoms with Crippen LogP contribution in [-0.4, -0.2) is 45.2 Å². The molecule has 4 aromatic rings. The van der Waals surface area contributed by atoms with Crippen molar-refractivity contribution in [2.75, 3.05) is 18.4 Å². The molecule has 9 heteroatoms. The van der Waals surface area contributed by atoms with Crippen LogP contribution >= 0.6 is 11.3 Å². The molecule has 1 aromatic carbocycles. The van der Waals surface area contributed by atoms with Crippen molar-refractivity contribution in [3.8, 4) is 0 Å². The first kappa shape index (κ1) is 22.2. The highest BCUT2D eigenvalue weighted by Crippen LogP contribution is 2.33. The minimum Gasteiger partial charge on any atom is -0.367 e. The molecule has 0 atom stereocenters. The molecule has 0 spiro atoms. The number of nitrogens with one attached hydrogen (secondary N) is 2. The zero-order valence-electron chi connectivity index (χ0n) is 18.4. The highest BCUT2D eigenvalue weighted by molar-refractivity contribution is 7.18. The molecule has 0 aliphatic carbocycles. The average molecular weight is 474 g/mol. The third kappa shape index (κ3) is 4.99. The summed E-state index contributed by atoms with van der Waals surface area (Å²) in [7, 11) is 0. The molecular weight excluding hydrogens is 447 g/mol. The number of nitrogens with zero attached hydrogens (tertiary/aromatic N) is 3. The number of rotatable bonds is 6. The zero-order chi connectivity index (χ0) is 23.0. The van der Waals surface area contributed by atoms with Crippen LogP contribution in [0.25, 0.3) is 21.1 Å². The van der Waals surface area contributed by atoms with Crippen molar-refractivity contribution in [3.63, 3.8) is 0 Å². The molecule has 1 fully saturated rings. The largest absolute Gasteiger partial charge is 0.393 e. The van der Waals surface area contributed by atoms with Crippen LogP contribution in [-0.2, 0) is 19.4 Å². The average Bonchev–Trinajstić information content (AvgIpc) is 3.37. The second-order valence-corrected chi connectivity index (χ2v) is 9.80. The smallest absolute Gasteiger partial charge is 0.367 e. The summed E-state index contributed by atoms with van der Waals surface area (Å²) in [5.74, 6) is 0.631. The van der Waals surface area contributed by atoms with Crippen LogP contribution in [0.2, 0.25) is 0 Å². The molecule has 4 heterocycles. The first-order chi connectivity index (χ1) is 15.9. The molecule has 0 radical (unpaired) electrons. The third-order valence-electron chi connectivity index (χ3n) is 6.32. The van der Waals surface area contributed by atoms with Crippen molar-refractivity contribution in [2.45, 2.75) is 51.4 Å². The predicted octanol–water partition coefficient (Wildman–Crippen LogP) is 5.92. The number of aromatic amines is 1. The van der Waals surface area contributed by atoms with Gasteiger partial charge in [0.05, 0.1) is 11.8 Å². The number of hydrogen-bond acceptors (Lipinski definition) is 5. The van der Waals surface area contributed by atoms with Gasteiger partial charge >= 0.3 is 6.18 Å². The van der Waals surface area contributed by atoms with Crippen LogP contribution in [0, 0.1) is 0 Å². The molecule has 1 aliphatic heterocycles. The number of halogens is 3. The highest BCUT2D eigenvalue weighted by atomic mass is 32.1. The maximum absolute atomic E-state index is 12.8. The Bertz CT molecular complexity index is 1250. The SMILES string of the molecule is CCc1ccc2[nH]cc(CN3CCC(Nc4ncnc5sc(CC(F)(F)F)cc45)CC3)c2c1. The number of piperidine rings is 1. The van der Waals surface area contributed by atoms with E-state index in [1.165, 1.54) is 28.4 Å². The fourth-order valence-electron chi connectivity index (χ4n) is 4.55. The highest BCUT2D eigenvalue weighted by Gasteiger charge is 2.29. The molecule has 2 N–H and O–H groups in total.